The van der Waals surface area contributed by atoms with E-state index in [1.54, 1.807) is 0 Å². The van der Waals surface area contributed by atoms with Crippen LogP contribution in [0.1, 0.15) is 0 Å². The van der Waals surface area contributed by atoms with Gasteiger partial charge in [-0.25, -0.2) is 0 Å². The van der Waals surface area contributed by atoms with Gasteiger partial charge in [0, 0.05) is 0 Å². The van der Waals surface area contributed by atoms with Crippen LogP contribution >= 0.6 is 0 Å². The summed E-state index contributed by atoms with van der Waals surface area (Å²) in [6.07, 6.45) is -8.50. The second kappa shape index (κ2) is 10.4. The molecule has 10 nitrogen and oxygen atoms in total. The zero-order valence-corrected chi connectivity index (χ0v) is 9.04. The van der Waals surface area contributed by atoms with Crippen molar-refractivity contribution in [2.75, 3.05) is 0 Å². The predicted molar refractivity (Wildman–Crippen MR) is 23.8 cm³/mol. The van der Waals surface area contributed by atoms with E-state index in [4.69, 9.17) is 39.6 Å². The summed E-state index contributed by atoms with van der Waals surface area (Å²) in [4.78, 5) is 36.2. The average molecular weight is 299 g/mol. The van der Waals surface area contributed by atoms with E-state index in [-0.39, 0.29) is 26.2 Å². The van der Waals surface area contributed by atoms with Gasteiger partial charge in [-0.3, -0.25) is 0 Å². The Morgan fingerprint density at radius 2 is 0.733 bits per heavy atom. The summed E-state index contributed by atoms with van der Waals surface area (Å²) in [5, 5.41) is 36.2. The average Bonchev–Trinajstić information content (AvgIpc) is 1.79. The third-order valence-electron chi connectivity index (χ3n) is 0.333. The van der Waals surface area contributed by atoms with E-state index in [9.17, 15) is 0 Å². The van der Waals surface area contributed by atoms with Gasteiger partial charge in [-0.2, -0.15) is 0 Å². The fraction of sp³-hybridized carbons (Fsp3) is 0. The number of hydrogen-bond donors (Lipinski definition) is 0. The van der Waals surface area contributed by atoms with Crippen LogP contribution in [0.2, 0.25) is 0 Å². The SMILES string of the molecule is O=C([O-])OC(=O)[O-].O=C([O-])OC(=O)[O-].[Zr+4]. The molecule has 0 atom stereocenters. The van der Waals surface area contributed by atoms with Gasteiger partial charge in [0.1, 0.15) is 0 Å². The van der Waals surface area contributed by atoms with Crippen LogP contribution < -0.4 is 20.4 Å². The molecule has 0 saturated carbocycles. The van der Waals surface area contributed by atoms with Gasteiger partial charge in [-0.05, 0) is 0 Å². The summed E-state index contributed by atoms with van der Waals surface area (Å²) in [6.45, 7) is 0. The van der Waals surface area contributed by atoms with E-state index in [0.717, 1.165) is 0 Å². The maximum atomic E-state index is 9.06. The van der Waals surface area contributed by atoms with Crippen molar-refractivity contribution < 1.29 is 75.3 Å². The topological polar surface area (TPSA) is 179 Å². The van der Waals surface area contributed by atoms with Crippen molar-refractivity contribution in [2.24, 2.45) is 0 Å². The second-order valence-electron chi connectivity index (χ2n) is 1.20. The Kier molecular flexibility index (Phi) is 13.2. The molecule has 0 aromatic rings. The van der Waals surface area contributed by atoms with Gasteiger partial charge in [-0.15, -0.1) is 0 Å². The van der Waals surface area contributed by atoms with Gasteiger partial charge in [0.05, 0.1) is 0 Å². The normalized spacial score (nSPS) is 6.93. The Balaban J connectivity index is -0.000000180. The van der Waals surface area contributed by atoms with Crippen LogP contribution in [0.5, 0.6) is 0 Å². The molecule has 0 bridgehead atoms. The first-order valence-corrected chi connectivity index (χ1v) is 2.45. The van der Waals surface area contributed by atoms with Gasteiger partial charge in [-0.1, -0.05) is 0 Å². The molecule has 0 N–H and O–H groups in total. The molecule has 0 amide bonds. The Hall–Kier alpha value is -1.64. The second-order valence-corrected chi connectivity index (χ2v) is 1.20. The molecule has 0 saturated heterocycles. The molecule has 0 fully saturated rings. The van der Waals surface area contributed by atoms with Gasteiger partial charge < -0.3 is 49.1 Å². The van der Waals surface area contributed by atoms with Gasteiger partial charge >= 0.3 is 26.2 Å². The summed E-state index contributed by atoms with van der Waals surface area (Å²) in [5.74, 6) is 0. The standard InChI is InChI=1S/2C2H2O5.Zr/c2*3-1(4)7-2(5)6;/h2*(H,3,4)(H,5,6);/q;;+4/p-4. The van der Waals surface area contributed by atoms with Crippen molar-refractivity contribution in [3.8, 4) is 0 Å². The van der Waals surface area contributed by atoms with E-state index in [0.29, 0.717) is 0 Å². The fourth-order valence-corrected chi connectivity index (χ4v) is 0.136. The molecule has 80 valence electrons. The third kappa shape index (κ3) is 32.8. The molecule has 0 aromatic heterocycles. The predicted octanol–water partition coefficient (Wildman–Crippen LogP) is -4.62. The van der Waals surface area contributed by atoms with Crippen molar-refractivity contribution in [1.82, 2.24) is 0 Å². The first kappa shape index (κ1) is 19.0. The van der Waals surface area contributed by atoms with Crippen LogP contribution in [0.15, 0.2) is 0 Å². The summed E-state index contributed by atoms with van der Waals surface area (Å²) in [6, 6.07) is 0. The van der Waals surface area contributed by atoms with Crippen LogP contribution in [0.3, 0.4) is 0 Å². The third-order valence-corrected chi connectivity index (χ3v) is 0.333. The van der Waals surface area contributed by atoms with Gasteiger partial charge in [0.25, 0.3) is 24.6 Å². The van der Waals surface area contributed by atoms with E-state index < -0.39 is 24.6 Å². The van der Waals surface area contributed by atoms with E-state index in [1.807, 2.05) is 0 Å². The number of carbonyl (C=O) groups excluding carboxylic acids is 4. The summed E-state index contributed by atoms with van der Waals surface area (Å²) in [7, 11) is 0. The maximum absolute atomic E-state index is 9.06. The van der Waals surface area contributed by atoms with E-state index in [1.165, 1.54) is 0 Å². The van der Waals surface area contributed by atoms with Gasteiger partial charge in [0.15, 0.2) is 0 Å². The molecule has 0 heterocycles. The first-order valence-electron chi connectivity index (χ1n) is 2.45. The van der Waals surface area contributed by atoms with Crippen molar-refractivity contribution in [2.45, 2.75) is 0 Å². The molecular formula is C4O10Zr. The van der Waals surface area contributed by atoms with Crippen LogP contribution in [0, 0.1) is 0 Å². The zero-order valence-electron chi connectivity index (χ0n) is 6.58. The number of carbonyl (C=O) groups is 4. The molecule has 0 aliphatic rings. The monoisotopic (exact) mass is 298 g/mol. The Labute approximate surface area is 100 Å². The fourth-order valence-electron chi connectivity index (χ4n) is 0.136. The molecule has 0 spiro atoms. The minimum Gasteiger partial charge on any atom is -0.483 e. The van der Waals surface area contributed by atoms with Crippen LogP contribution in [0.4, 0.5) is 19.2 Å². The Bertz CT molecular complexity index is 196. The molecule has 11 heteroatoms. The quantitative estimate of drug-likeness (QED) is 0.312. The smallest absolute Gasteiger partial charge is 0.483 e. The molecule has 0 rings (SSSR count). The van der Waals surface area contributed by atoms with Crippen LogP contribution in [0.25, 0.3) is 0 Å². The van der Waals surface area contributed by atoms with Crippen LogP contribution in [-0.4, -0.2) is 24.6 Å². The van der Waals surface area contributed by atoms with Gasteiger partial charge in [0.2, 0.25) is 0 Å². The summed E-state index contributed by atoms with van der Waals surface area (Å²) < 4.78 is 5.72. The Morgan fingerprint density at radius 1 is 0.600 bits per heavy atom. The minimum atomic E-state index is -2.12. The Morgan fingerprint density at radius 3 is 0.733 bits per heavy atom. The number of rotatable bonds is 0. The summed E-state index contributed by atoms with van der Waals surface area (Å²) in [5.41, 5.74) is 0. The molecular weight excluding hydrogens is 299 g/mol. The van der Waals surface area contributed by atoms with E-state index in [2.05, 4.69) is 9.47 Å². The van der Waals surface area contributed by atoms with Crippen molar-refractivity contribution in [1.29, 1.82) is 0 Å². The van der Waals surface area contributed by atoms with Crippen LogP contribution in [-0.2, 0) is 35.7 Å². The van der Waals surface area contributed by atoms with Crippen molar-refractivity contribution in [3.63, 3.8) is 0 Å². The van der Waals surface area contributed by atoms with Crippen molar-refractivity contribution >= 4 is 24.6 Å². The van der Waals surface area contributed by atoms with E-state index >= 15 is 0 Å². The minimum absolute atomic E-state index is 0. The maximum Gasteiger partial charge on any atom is 4.00 e. The molecule has 15 heavy (non-hydrogen) atoms. The molecule has 0 radical (unpaired) electrons. The van der Waals surface area contributed by atoms with Crippen molar-refractivity contribution in [3.05, 3.63) is 0 Å². The number of hydrogen-bond acceptors (Lipinski definition) is 10. The first-order chi connectivity index (χ1) is 6.25. The molecule has 0 unspecified atom stereocenters. The largest absolute Gasteiger partial charge is 4.00 e. The summed E-state index contributed by atoms with van der Waals surface area (Å²) >= 11 is 0. The molecule has 0 aromatic carbocycles. The number of carboxylic acid groups (broad SMARTS) is 4. The zero-order chi connectivity index (χ0) is 11.7. The molecule has 0 aliphatic heterocycles. The number of ether oxygens (including phenoxy) is 2. The molecule has 0 aliphatic carbocycles.